The molecule has 2 aromatic rings. The molecule has 0 saturated heterocycles. The van der Waals surface area contributed by atoms with Crippen LogP contribution in [0.4, 0.5) is 14.7 Å². The maximum atomic E-state index is 11.9. The Bertz CT molecular complexity index is 504. The topological polar surface area (TPSA) is 73.9 Å². The number of ether oxygens (including phenoxy) is 1. The molecule has 0 unspecified atom stereocenters. The van der Waals surface area contributed by atoms with Crippen LogP contribution in [0, 0.1) is 0 Å². The van der Waals surface area contributed by atoms with Gasteiger partial charge in [0.1, 0.15) is 5.75 Å². The molecule has 2 rings (SSSR count). The zero-order valence-electron chi connectivity index (χ0n) is 8.55. The minimum atomic E-state index is -2.84. The molecule has 0 fully saturated rings. The molecule has 0 aliphatic heterocycles. The van der Waals surface area contributed by atoms with Gasteiger partial charge in [-0.3, -0.25) is 0 Å². The zero-order valence-corrected chi connectivity index (χ0v) is 8.55. The SMILES string of the molecule is Nc1nncc(-c2ccc(OC(F)F)cc2)n1. The molecule has 0 aliphatic carbocycles. The van der Waals surface area contributed by atoms with E-state index in [0.717, 1.165) is 0 Å². The summed E-state index contributed by atoms with van der Waals surface area (Å²) in [6, 6.07) is 6.00. The molecule has 88 valence electrons. The van der Waals surface area contributed by atoms with Crippen LogP contribution >= 0.6 is 0 Å². The Kier molecular flexibility index (Phi) is 3.08. The Hall–Kier alpha value is -2.31. The summed E-state index contributed by atoms with van der Waals surface area (Å²) in [6.07, 6.45) is 1.43. The molecular weight excluding hydrogens is 230 g/mol. The van der Waals surface area contributed by atoms with Crippen molar-refractivity contribution in [2.75, 3.05) is 5.73 Å². The highest BCUT2D eigenvalue weighted by Crippen LogP contribution is 2.21. The largest absolute Gasteiger partial charge is 0.435 e. The molecular formula is C10H8F2N4O. The number of benzene rings is 1. The van der Waals surface area contributed by atoms with E-state index in [9.17, 15) is 8.78 Å². The van der Waals surface area contributed by atoms with E-state index in [0.29, 0.717) is 11.3 Å². The minimum absolute atomic E-state index is 0.0513. The van der Waals surface area contributed by atoms with E-state index in [1.165, 1.54) is 18.3 Å². The summed E-state index contributed by atoms with van der Waals surface area (Å²) in [6.45, 7) is -2.84. The van der Waals surface area contributed by atoms with Crippen LogP contribution in [0.3, 0.4) is 0 Å². The van der Waals surface area contributed by atoms with E-state index in [4.69, 9.17) is 5.73 Å². The van der Waals surface area contributed by atoms with Crippen LogP contribution in [-0.2, 0) is 0 Å². The molecule has 0 saturated carbocycles. The van der Waals surface area contributed by atoms with E-state index in [2.05, 4.69) is 19.9 Å². The molecule has 17 heavy (non-hydrogen) atoms. The van der Waals surface area contributed by atoms with Crippen LogP contribution in [0.1, 0.15) is 0 Å². The Morgan fingerprint density at radius 1 is 1.18 bits per heavy atom. The first-order valence-electron chi connectivity index (χ1n) is 4.65. The third-order valence-electron chi connectivity index (χ3n) is 1.95. The highest BCUT2D eigenvalue weighted by Gasteiger charge is 2.05. The number of hydrogen-bond acceptors (Lipinski definition) is 5. The van der Waals surface area contributed by atoms with E-state index >= 15 is 0 Å². The van der Waals surface area contributed by atoms with Gasteiger partial charge in [-0.25, -0.2) is 4.98 Å². The summed E-state index contributed by atoms with van der Waals surface area (Å²) < 4.78 is 28.1. The summed E-state index contributed by atoms with van der Waals surface area (Å²) in [7, 11) is 0. The van der Waals surface area contributed by atoms with Gasteiger partial charge in [0, 0.05) is 5.56 Å². The van der Waals surface area contributed by atoms with Crippen molar-refractivity contribution in [1.29, 1.82) is 0 Å². The van der Waals surface area contributed by atoms with E-state index in [-0.39, 0.29) is 11.7 Å². The zero-order chi connectivity index (χ0) is 12.3. The van der Waals surface area contributed by atoms with Crippen molar-refractivity contribution >= 4 is 5.95 Å². The first-order valence-corrected chi connectivity index (χ1v) is 4.65. The fourth-order valence-corrected chi connectivity index (χ4v) is 1.26. The number of rotatable bonds is 3. The van der Waals surface area contributed by atoms with Crippen LogP contribution in [0.15, 0.2) is 30.5 Å². The fraction of sp³-hybridized carbons (Fsp3) is 0.100. The summed E-state index contributed by atoms with van der Waals surface area (Å²) in [5, 5.41) is 7.16. The highest BCUT2D eigenvalue weighted by molar-refractivity contribution is 5.59. The Morgan fingerprint density at radius 3 is 2.47 bits per heavy atom. The van der Waals surface area contributed by atoms with Crippen LogP contribution in [-0.4, -0.2) is 21.8 Å². The average Bonchev–Trinajstić information content (AvgIpc) is 2.29. The van der Waals surface area contributed by atoms with Gasteiger partial charge in [0.2, 0.25) is 5.95 Å². The van der Waals surface area contributed by atoms with Crippen molar-refractivity contribution in [3.8, 4) is 17.0 Å². The summed E-state index contributed by atoms with van der Waals surface area (Å²) in [4.78, 5) is 3.95. The van der Waals surface area contributed by atoms with E-state index < -0.39 is 6.61 Å². The number of anilines is 1. The van der Waals surface area contributed by atoms with Crippen LogP contribution < -0.4 is 10.5 Å². The molecule has 2 N–H and O–H groups in total. The van der Waals surface area contributed by atoms with Crippen molar-refractivity contribution in [3.63, 3.8) is 0 Å². The Balaban J connectivity index is 2.23. The second-order valence-electron chi connectivity index (χ2n) is 3.10. The molecule has 0 bridgehead atoms. The molecule has 1 aromatic carbocycles. The lowest BCUT2D eigenvalue weighted by Gasteiger charge is -2.05. The first kappa shape index (κ1) is 11.2. The number of nitrogens with zero attached hydrogens (tertiary/aromatic N) is 3. The van der Waals surface area contributed by atoms with Crippen molar-refractivity contribution in [3.05, 3.63) is 30.5 Å². The first-order chi connectivity index (χ1) is 8.15. The molecule has 0 atom stereocenters. The van der Waals surface area contributed by atoms with Crippen LogP contribution in [0.5, 0.6) is 5.75 Å². The maximum Gasteiger partial charge on any atom is 0.387 e. The minimum Gasteiger partial charge on any atom is -0.435 e. The smallest absolute Gasteiger partial charge is 0.387 e. The predicted molar refractivity (Wildman–Crippen MR) is 56.3 cm³/mol. The maximum absolute atomic E-state index is 11.9. The van der Waals surface area contributed by atoms with Crippen molar-refractivity contribution in [1.82, 2.24) is 15.2 Å². The van der Waals surface area contributed by atoms with Crippen molar-refractivity contribution in [2.24, 2.45) is 0 Å². The Labute approximate surface area is 95.3 Å². The van der Waals surface area contributed by atoms with Gasteiger partial charge in [0.25, 0.3) is 0 Å². The second-order valence-corrected chi connectivity index (χ2v) is 3.10. The Morgan fingerprint density at radius 2 is 1.88 bits per heavy atom. The third kappa shape index (κ3) is 2.83. The van der Waals surface area contributed by atoms with E-state index in [1.807, 2.05) is 0 Å². The predicted octanol–water partition coefficient (Wildman–Crippen LogP) is 1.72. The van der Waals surface area contributed by atoms with Gasteiger partial charge < -0.3 is 10.5 Å². The van der Waals surface area contributed by atoms with Gasteiger partial charge in [0.15, 0.2) is 0 Å². The molecule has 1 aromatic heterocycles. The van der Waals surface area contributed by atoms with Gasteiger partial charge in [-0.1, -0.05) is 0 Å². The monoisotopic (exact) mass is 238 g/mol. The van der Waals surface area contributed by atoms with Gasteiger partial charge in [-0.2, -0.15) is 13.9 Å². The van der Waals surface area contributed by atoms with Crippen LogP contribution in [0.2, 0.25) is 0 Å². The average molecular weight is 238 g/mol. The molecule has 0 aliphatic rings. The van der Waals surface area contributed by atoms with Gasteiger partial charge in [0.05, 0.1) is 11.9 Å². The molecule has 0 spiro atoms. The summed E-state index contributed by atoms with van der Waals surface area (Å²) >= 11 is 0. The third-order valence-corrected chi connectivity index (χ3v) is 1.95. The van der Waals surface area contributed by atoms with Gasteiger partial charge >= 0.3 is 6.61 Å². The lowest BCUT2D eigenvalue weighted by atomic mass is 10.1. The molecule has 1 heterocycles. The van der Waals surface area contributed by atoms with Gasteiger partial charge in [-0.05, 0) is 24.3 Å². The van der Waals surface area contributed by atoms with Crippen LogP contribution in [0.25, 0.3) is 11.3 Å². The van der Waals surface area contributed by atoms with Crippen molar-refractivity contribution in [2.45, 2.75) is 6.61 Å². The molecule has 0 amide bonds. The normalized spacial score (nSPS) is 10.5. The number of nitrogens with two attached hydrogens (primary N) is 1. The fourth-order valence-electron chi connectivity index (χ4n) is 1.26. The standard InChI is InChI=1S/C10H8F2N4O/c11-9(12)17-7-3-1-6(2-4-7)8-5-14-16-10(13)15-8/h1-5,9H,(H2,13,15,16). The van der Waals surface area contributed by atoms with E-state index in [1.54, 1.807) is 12.1 Å². The number of nitrogen functional groups attached to an aromatic ring is 1. The van der Waals surface area contributed by atoms with Crippen molar-refractivity contribution < 1.29 is 13.5 Å². The molecule has 7 heteroatoms. The second kappa shape index (κ2) is 4.69. The lowest BCUT2D eigenvalue weighted by molar-refractivity contribution is -0.0498. The number of hydrogen-bond donors (Lipinski definition) is 1. The quantitative estimate of drug-likeness (QED) is 0.881. The number of alkyl halides is 2. The number of halogens is 2. The number of aromatic nitrogens is 3. The lowest BCUT2D eigenvalue weighted by Crippen LogP contribution is -2.01. The highest BCUT2D eigenvalue weighted by atomic mass is 19.3. The summed E-state index contributed by atoms with van der Waals surface area (Å²) in [5.41, 5.74) is 6.59. The van der Waals surface area contributed by atoms with Gasteiger partial charge in [-0.15, -0.1) is 5.10 Å². The molecule has 0 radical (unpaired) electrons. The molecule has 5 nitrogen and oxygen atoms in total. The summed E-state index contributed by atoms with van der Waals surface area (Å²) in [5.74, 6) is 0.133.